The number of hydrogen-bond acceptors (Lipinski definition) is 4. The fourth-order valence-electron chi connectivity index (χ4n) is 1.83. The topological polar surface area (TPSA) is 51.6 Å². The molecular formula is C15H17NO3. The average Bonchev–Trinajstić information content (AvgIpc) is 2.47. The Hall–Kier alpha value is -2.07. The summed E-state index contributed by atoms with van der Waals surface area (Å²) in [5.74, 6) is 1.37. The first-order chi connectivity index (χ1) is 9.24. The highest BCUT2D eigenvalue weighted by atomic mass is 16.5. The molecule has 19 heavy (non-hydrogen) atoms. The fourth-order valence-corrected chi connectivity index (χ4v) is 1.83. The first-order valence-corrected chi connectivity index (χ1v) is 6.14. The Kier molecular flexibility index (Phi) is 4.36. The number of hydrogen-bond donors (Lipinski definition) is 1. The van der Waals surface area contributed by atoms with Gasteiger partial charge in [-0.15, -0.1) is 0 Å². The van der Waals surface area contributed by atoms with Crippen LogP contribution in [0.2, 0.25) is 0 Å². The molecule has 1 heterocycles. The predicted octanol–water partition coefficient (Wildman–Crippen LogP) is 2.57. The molecule has 0 aliphatic heterocycles. The highest BCUT2D eigenvalue weighted by molar-refractivity contribution is 5.36. The summed E-state index contributed by atoms with van der Waals surface area (Å²) in [6.45, 7) is 2.48. The lowest BCUT2D eigenvalue weighted by Crippen LogP contribution is -2.02. The van der Waals surface area contributed by atoms with Crippen molar-refractivity contribution in [2.75, 3.05) is 13.7 Å². The van der Waals surface area contributed by atoms with E-state index >= 15 is 0 Å². The zero-order chi connectivity index (χ0) is 13.7. The van der Waals surface area contributed by atoms with Crippen molar-refractivity contribution in [1.82, 2.24) is 4.98 Å². The molecule has 1 aromatic carbocycles. The van der Waals surface area contributed by atoms with E-state index in [9.17, 15) is 5.11 Å². The molecule has 2 aromatic rings. The lowest BCUT2D eigenvalue weighted by molar-refractivity contribution is 0.218. The molecule has 0 aliphatic carbocycles. The highest BCUT2D eigenvalue weighted by Crippen LogP contribution is 2.26. The van der Waals surface area contributed by atoms with Crippen LogP contribution in [0.15, 0.2) is 42.7 Å². The van der Waals surface area contributed by atoms with Gasteiger partial charge in [-0.25, -0.2) is 0 Å². The lowest BCUT2D eigenvalue weighted by Gasteiger charge is -2.13. The van der Waals surface area contributed by atoms with Gasteiger partial charge < -0.3 is 14.6 Å². The number of pyridine rings is 1. The molecule has 0 amide bonds. The van der Waals surface area contributed by atoms with E-state index in [1.807, 2.05) is 25.1 Å². The Labute approximate surface area is 112 Å². The minimum Gasteiger partial charge on any atom is -0.497 e. The number of ether oxygens (including phenoxy) is 2. The van der Waals surface area contributed by atoms with Gasteiger partial charge in [-0.1, -0.05) is 12.1 Å². The maximum atomic E-state index is 10.4. The molecule has 1 N–H and O–H groups in total. The summed E-state index contributed by atoms with van der Waals surface area (Å²) >= 11 is 0. The molecule has 0 saturated carbocycles. The van der Waals surface area contributed by atoms with Crippen molar-refractivity contribution in [3.63, 3.8) is 0 Å². The van der Waals surface area contributed by atoms with Crippen molar-refractivity contribution in [1.29, 1.82) is 0 Å². The Morgan fingerprint density at radius 1 is 1.16 bits per heavy atom. The van der Waals surface area contributed by atoms with Gasteiger partial charge in [0, 0.05) is 11.8 Å². The molecule has 100 valence electrons. The van der Waals surface area contributed by atoms with Crippen LogP contribution < -0.4 is 9.47 Å². The van der Waals surface area contributed by atoms with Crippen LogP contribution in [-0.2, 0) is 0 Å². The number of aliphatic hydroxyl groups excluding tert-OH is 1. The number of aromatic nitrogens is 1. The van der Waals surface area contributed by atoms with E-state index in [0.717, 1.165) is 5.56 Å². The summed E-state index contributed by atoms with van der Waals surface area (Å²) < 4.78 is 10.5. The van der Waals surface area contributed by atoms with Crippen molar-refractivity contribution in [2.45, 2.75) is 13.0 Å². The van der Waals surface area contributed by atoms with Gasteiger partial charge in [0.15, 0.2) is 0 Å². The second-order valence-electron chi connectivity index (χ2n) is 4.07. The molecule has 1 unspecified atom stereocenters. The van der Waals surface area contributed by atoms with E-state index in [1.165, 1.54) is 0 Å². The SMILES string of the molecule is CCOc1cncc(C(O)c2cccc(OC)c2)c1. The summed E-state index contributed by atoms with van der Waals surface area (Å²) in [6, 6.07) is 9.13. The van der Waals surface area contributed by atoms with Crippen molar-refractivity contribution >= 4 is 0 Å². The monoisotopic (exact) mass is 259 g/mol. The number of aliphatic hydroxyl groups is 1. The van der Waals surface area contributed by atoms with Crippen LogP contribution in [0, 0.1) is 0 Å². The molecule has 0 bridgehead atoms. The molecular weight excluding hydrogens is 242 g/mol. The number of benzene rings is 1. The van der Waals surface area contributed by atoms with E-state index in [4.69, 9.17) is 9.47 Å². The van der Waals surface area contributed by atoms with E-state index in [1.54, 1.807) is 31.6 Å². The van der Waals surface area contributed by atoms with Gasteiger partial charge in [0.2, 0.25) is 0 Å². The highest BCUT2D eigenvalue weighted by Gasteiger charge is 2.12. The minimum absolute atomic E-state index is 0.570. The molecule has 0 radical (unpaired) electrons. The van der Waals surface area contributed by atoms with E-state index in [2.05, 4.69) is 4.98 Å². The third-order valence-electron chi connectivity index (χ3n) is 2.77. The van der Waals surface area contributed by atoms with Crippen LogP contribution in [0.25, 0.3) is 0 Å². The van der Waals surface area contributed by atoms with Gasteiger partial charge in [0.25, 0.3) is 0 Å². The van der Waals surface area contributed by atoms with E-state index in [0.29, 0.717) is 23.7 Å². The van der Waals surface area contributed by atoms with Crippen molar-refractivity contribution in [3.8, 4) is 11.5 Å². The number of nitrogens with zero attached hydrogens (tertiary/aromatic N) is 1. The third kappa shape index (κ3) is 3.23. The van der Waals surface area contributed by atoms with Gasteiger partial charge in [0.05, 0.1) is 19.9 Å². The minimum atomic E-state index is -0.747. The lowest BCUT2D eigenvalue weighted by atomic mass is 10.0. The first kappa shape index (κ1) is 13.4. The molecule has 1 aromatic heterocycles. The Morgan fingerprint density at radius 3 is 2.68 bits per heavy atom. The molecule has 0 aliphatic rings. The number of methoxy groups -OCH3 is 1. The summed E-state index contributed by atoms with van der Waals surface area (Å²) in [4.78, 5) is 4.08. The molecule has 0 spiro atoms. The third-order valence-corrected chi connectivity index (χ3v) is 2.77. The molecule has 0 fully saturated rings. The molecule has 4 heteroatoms. The Balaban J connectivity index is 2.27. The van der Waals surface area contributed by atoms with Gasteiger partial charge in [-0.2, -0.15) is 0 Å². The zero-order valence-corrected chi connectivity index (χ0v) is 11.0. The largest absolute Gasteiger partial charge is 0.497 e. The van der Waals surface area contributed by atoms with Crippen molar-refractivity contribution in [2.24, 2.45) is 0 Å². The number of rotatable bonds is 5. The molecule has 2 rings (SSSR count). The van der Waals surface area contributed by atoms with Crippen LogP contribution in [0.4, 0.5) is 0 Å². The van der Waals surface area contributed by atoms with Gasteiger partial charge in [-0.05, 0) is 30.7 Å². The van der Waals surface area contributed by atoms with Crippen LogP contribution in [0.3, 0.4) is 0 Å². The van der Waals surface area contributed by atoms with Crippen LogP contribution >= 0.6 is 0 Å². The maximum Gasteiger partial charge on any atom is 0.137 e. The second kappa shape index (κ2) is 6.20. The van der Waals surface area contributed by atoms with Crippen LogP contribution in [-0.4, -0.2) is 23.8 Å². The van der Waals surface area contributed by atoms with Crippen molar-refractivity contribution < 1.29 is 14.6 Å². The summed E-state index contributed by atoms with van der Waals surface area (Å²) in [5, 5.41) is 10.4. The smallest absolute Gasteiger partial charge is 0.137 e. The second-order valence-corrected chi connectivity index (χ2v) is 4.07. The maximum absolute atomic E-state index is 10.4. The average molecular weight is 259 g/mol. The van der Waals surface area contributed by atoms with Gasteiger partial charge in [-0.3, -0.25) is 4.98 Å². The summed E-state index contributed by atoms with van der Waals surface area (Å²) in [6.07, 6.45) is 2.51. The first-order valence-electron chi connectivity index (χ1n) is 6.14. The standard InChI is InChI=1S/C15H17NO3/c1-3-19-14-8-12(9-16-10-14)15(17)11-5-4-6-13(7-11)18-2/h4-10,15,17H,3H2,1-2H3. The predicted molar refractivity (Wildman–Crippen MR) is 72.5 cm³/mol. The normalized spacial score (nSPS) is 11.9. The van der Waals surface area contributed by atoms with Gasteiger partial charge in [0.1, 0.15) is 17.6 Å². The van der Waals surface area contributed by atoms with Crippen LogP contribution in [0.1, 0.15) is 24.2 Å². The molecule has 4 nitrogen and oxygen atoms in total. The van der Waals surface area contributed by atoms with E-state index < -0.39 is 6.10 Å². The molecule has 0 saturated heterocycles. The Bertz CT molecular complexity index is 542. The van der Waals surface area contributed by atoms with E-state index in [-0.39, 0.29) is 0 Å². The zero-order valence-electron chi connectivity index (χ0n) is 11.0. The summed E-state index contributed by atoms with van der Waals surface area (Å²) in [7, 11) is 1.60. The van der Waals surface area contributed by atoms with Gasteiger partial charge >= 0.3 is 0 Å². The van der Waals surface area contributed by atoms with Crippen molar-refractivity contribution in [3.05, 3.63) is 53.9 Å². The quantitative estimate of drug-likeness (QED) is 0.896. The summed E-state index contributed by atoms with van der Waals surface area (Å²) in [5.41, 5.74) is 1.45. The Morgan fingerprint density at radius 2 is 1.95 bits per heavy atom. The fraction of sp³-hybridized carbons (Fsp3) is 0.267. The van der Waals surface area contributed by atoms with Crippen LogP contribution in [0.5, 0.6) is 11.5 Å². The molecule has 1 atom stereocenters.